The van der Waals surface area contributed by atoms with Gasteiger partial charge in [0.15, 0.2) is 0 Å². The van der Waals surface area contributed by atoms with Crippen molar-refractivity contribution in [2.45, 2.75) is 18.9 Å². The number of primary amides is 1. The molecule has 0 bridgehead atoms. The number of aliphatic hydroxyl groups excluding tert-OH is 2. The first-order chi connectivity index (χ1) is 5.16. The van der Waals surface area contributed by atoms with Crippen molar-refractivity contribution >= 4 is 6.09 Å². The van der Waals surface area contributed by atoms with Crippen molar-refractivity contribution < 1.29 is 19.7 Å². The highest BCUT2D eigenvalue weighted by Crippen LogP contribution is 1.96. The molecule has 0 rings (SSSR count). The van der Waals surface area contributed by atoms with E-state index in [0.717, 1.165) is 0 Å². The smallest absolute Gasteiger partial charge is 0.404 e. The molecule has 0 fully saturated rings. The molecule has 4 N–H and O–H groups in total. The lowest BCUT2D eigenvalue weighted by Gasteiger charge is -2.08. The van der Waals surface area contributed by atoms with Crippen LogP contribution in [0.3, 0.4) is 0 Å². The van der Waals surface area contributed by atoms with E-state index in [0.29, 0.717) is 12.8 Å². The lowest BCUT2D eigenvalue weighted by molar-refractivity contribution is 0.0636. The minimum atomic E-state index is -0.895. The molecule has 1 unspecified atom stereocenters. The Morgan fingerprint density at radius 2 is 2.27 bits per heavy atom. The third-order valence-corrected chi connectivity index (χ3v) is 1.11. The maximum atomic E-state index is 10.0. The zero-order valence-corrected chi connectivity index (χ0v) is 6.19. The van der Waals surface area contributed by atoms with E-state index in [2.05, 4.69) is 10.5 Å². The van der Waals surface area contributed by atoms with Gasteiger partial charge in [0.2, 0.25) is 0 Å². The Bertz CT molecular complexity index is 117. The van der Waals surface area contributed by atoms with Crippen LogP contribution in [-0.2, 0) is 4.74 Å². The Hall–Kier alpha value is -0.810. The van der Waals surface area contributed by atoms with Crippen LogP contribution in [0.2, 0.25) is 0 Å². The number of rotatable bonds is 5. The summed E-state index contributed by atoms with van der Waals surface area (Å²) in [5, 5.41) is 17.3. The molecule has 0 saturated heterocycles. The van der Waals surface area contributed by atoms with Crippen molar-refractivity contribution in [2.75, 3.05) is 13.2 Å². The SMILES string of the molecule is NC(=O)OCC(O)CCCO. The molecule has 5 heteroatoms. The van der Waals surface area contributed by atoms with Gasteiger partial charge in [0.25, 0.3) is 0 Å². The fraction of sp³-hybridized carbons (Fsp3) is 0.833. The van der Waals surface area contributed by atoms with E-state index in [9.17, 15) is 4.79 Å². The van der Waals surface area contributed by atoms with Crippen molar-refractivity contribution in [1.82, 2.24) is 0 Å². The maximum absolute atomic E-state index is 10.0. The Labute approximate surface area is 64.8 Å². The Kier molecular flexibility index (Phi) is 5.50. The van der Waals surface area contributed by atoms with Crippen LogP contribution >= 0.6 is 0 Å². The average Bonchev–Trinajstić information content (AvgIpc) is 1.97. The molecule has 0 aromatic heterocycles. The molecular weight excluding hydrogens is 150 g/mol. The van der Waals surface area contributed by atoms with E-state index in [-0.39, 0.29) is 13.2 Å². The van der Waals surface area contributed by atoms with Gasteiger partial charge in [-0.25, -0.2) is 4.79 Å². The lowest BCUT2D eigenvalue weighted by atomic mass is 10.2. The second-order valence-electron chi connectivity index (χ2n) is 2.15. The van der Waals surface area contributed by atoms with Gasteiger partial charge in [0.1, 0.15) is 6.61 Å². The molecule has 11 heavy (non-hydrogen) atoms. The van der Waals surface area contributed by atoms with Gasteiger partial charge in [0, 0.05) is 6.61 Å². The molecule has 0 radical (unpaired) electrons. The summed E-state index contributed by atoms with van der Waals surface area (Å²) in [5.41, 5.74) is 4.65. The lowest BCUT2D eigenvalue weighted by Crippen LogP contribution is -2.22. The summed E-state index contributed by atoms with van der Waals surface area (Å²) in [4.78, 5) is 10.0. The first-order valence-electron chi connectivity index (χ1n) is 3.38. The Morgan fingerprint density at radius 1 is 1.64 bits per heavy atom. The normalized spacial score (nSPS) is 12.5. The molecule has 0 aliphatic heterocycles. The van der Waals surface area contributed by atoms with Crippen LogP contribution in [-0.4, -0.2) is 35.6 Å². The number of amides is 1. The standard InChI is InChI=1S/C6H13NO4/c7-6(10)11-4-5(9)2-1-3-8/h5,8-9H,1-4H2,(H2,7,10). The highest BCUT2D eigenvalue weighted by Gasteiger charge is 2.04. The molecule has 0 spiro atoms. The Morgan fingerprint density at radius 3 is 2.73 bits per heavy atom. The predicted molar refractivity (Wildman–Crippen MR) is 37.9 cm³/mol. The number of aliphatic hydroxyl groups is 2. The monoisotopic (exact) mass is 163 g/mol. The van der Waals surface area contributed by atoms with Crippen LogP contribution < -0.4 is 5.73 Å². The van der Waals surface area contributed by atoms with Crippen molar-refractivity contribution in [3.8, 4) is 0 Å². The summed E-state index contributed by atoms with van der Waals surface area (Å²) in [6.07, 6.45) is -0.727. The summed E-state index contributed by atoms with van der Waals surface area (Å²) >= 11 is 0. The zero-order chi connectivity index (χ0) is 8.69. The number of hydrogen-bond acceptors (Lipinski definition) is 4. The maximum Gasteiger partial charge on any atom is 0.404 e. The molecule has 1 atom stereocenters. The van der Waals surface area contributed by atoms with E-state index in [4.69, 9.17) is 10.2 Å². The topological polar surface area (TPSA) is 92.8 Å². The van der Waals surface area contributed by atoms with Crippen molar-refractivity contribution in [2.24, 2.45) is 5.73 Å². The second kappa shape index (κ2) is 5.94. The van der Waals surface area contributed by atoms with Crippen LogP contribution in [0, 0.1) is 0 Å². The van der Waals surface area contributed by atoms with Crippen molar-refractivity contribution in [3.63, 3.8) is 0 Å². The molecule has 0 aromatic carbocycles. The summed E-state index contributed by atoms with van der Waals surface area (Å²) in [6.45, 7) is -0.0804. The van der Waals surface area contributed by atoms with Crippen LogP contribution in [0.4, 0.5) is 4.79 Å². The van der Waals surface area contributed by atoms with E-state index in [1.165, 1.54) is 0 Å². The molecule has 0 aliphatic rings. The number of nitrogens with two attached hydrogens (primary N) is 1. The number of carbonyl (C=O) groups excluding carboxylic acids is 1. The number of carbonyl (C=O) groups is 1. The van der Waals surface area contributed by atoms with Crippen molar-refractivity contribution in [3.05, 3.63) is 0 Å². The molecule has 66 valence electrons. The third kappa shape index (κ3) is 7.08. The largest absolute Gasteiger partial charge is 0.447 e. The predicted octanol–water partition coefficient (Wildman–Crippen LogP) is -0.785. The summed E-state index contributed by atoms with van der Waals surface area (Å²) in [5.74, 6) is 0. The second-order valence-corrected chi connectivity index (χ2v) is 2.15. The fourth-order valence-corrected chi connectivity index (χ4v) is 0.589. The van der Waals surface area contributed by atoms with Gasteiger partial charge in [-0.2, -0.15) is 0 Å². The molecule has 1 amide bonds. The summed E-state index contributed by atoms with van der Waals surface area (Å²) in [7, 11) is 0. The van der Waals surface area contributed by atoms with Gasteiger partial charge < -0.3 is 20.7 Å². The van der Waals surface area contributed by atoms with Gasteiger partial charge in [-0.3, -0.25) is 0 Å². The number of ether oxygens (including phenoxy) is 1. The van der Waals surface area contributed by atoms with Gasteiger partial charge in [-0.05, 0) is 12.8 Å². The molecular formula is C6H13NO4. The zero-order valence-electron chi connectivity index (χ0n) is 6.19. The molecule has 0 saturated carbocycles. The van der Waals surface area contributed by atoms with E-state index >= 15 is 0 Å². The van der Waals surface area contributed by atoms with Crippen LogP contribution in [0.15, 0.2) is 0 Å². The molecule has 0 heterocycles. The highest BCUT2D eigenvalue weighted by molar-refractivity contribution is 5.64. The van der Waals surface area contributed by atoms with Crippen LogP contribution in [0.1, 0.15) is 12.8 Å². The first kappa shape index (κ1) is 10.2. The summed E-state index contributed by atoms with van der Waals surface area (Å²) in [6, 6.07) is 0. The van der Waals surface area contributed by atoms with Crippen molar-refractivity contribution in [1.29, 1.82) is 0 Å². The molecule has 0 aliphatic carbocycles. The van der Waals surface area contributed by atoms with E-state index in [1.807, 2.05) is 0 Å². The molecule has 5 nitrogen and oxygen atoms in total. The molecule has 0 aromatic rings. The van der Waals surface area contributed by atoms with Gasteiger partial charge in [-0.15, -0.1) is 0 Å². The number of hydrogen-bond donors (Lipinski definition) is 3. The average molecular weight is 163 g/mol. The fourth-order valence-electron chi connectivity index (χ4n) is 0.589. The third-order valence-electron chi connectivity index (χ3n) is 1.11. The Balaban J connectivity index is 3.22. The highest BCUT2D eigenvalue weighted by atomic mass is 16.6. The summed E-state index contributed by atoms with van der Waals surface area (Å²) < 4.78 is 4.31. The first-order valence-corrected chi connectivity index (χ1v) is 3.38. The quantitative estimate of drug-likeness (QED) is 0.495. The van der Waals surface area contributed by atoms with Gasteiger partial charge in [0.05, 0.1) is 6.10 Å². The van der Waals surface area contributed by atoms with E-state index in [1.54, 1.807) is 0 Å². The minimum Gasteiger partial charge on any atom is -0.447 e. The van der Waals surface area contributed by atoms with Crippen LogP contribution in [0.5, 0.6) is 0 Å². The van der Waals surface area contributed by atoms with Crippen LogP contribution in [0.25, 0.3) is 0 Å². The van der Waals surface area contributed by atoms with E-state index < -0.39 is 12.2 Å². The minimum absolute atomic E-state index is 0.0215. The van der Waals surface area contributed by atoms with Gasteiger partial charge >= 0.3 is 6.09 Å². The van der Waals surface area contributed by atoms with Gasteiger partial charge in [-0.1, -0.05) is 0 Å².